The molecule has 2 amide bonds. The Hall–Kier alpha value is -2.27. The topological polar surface area (TPSA) is 48.7 Å². The van der Waals surface area contributed by atoms with E-state index in [1.165, 1.54) is 12.0 Å². The van der Waals surface area contributed by atoms with Crippen LogP contribution in [-0.2, 0) is 13.1 Å². The molecule has 5 nitrogen and oxygen atoms in total. The molecule has 1 atom stereocenters. The first kappa shape index (κ1) is 17.5. The highest BCUT2D eigenvalue weighted by Crippen LogP contribution is 2.21. The number of likely N-dealkylation sites (tertiary alicyclic amines) is 1. The van der Waals surface area contributed by atoms with Gasteiger partial charge in [-0.3, -0.25) is 4.90 Å². The van der Waals surface area contributed by atoms with Gasteiger partial charge >= 0.3 is 6.03 Å². The molecule has 0 saturated carbocycles. The van der Waals surface area contributed by atoms with Gasteiger partial charge in [-0.25, -0.2) is 4.79 Å². The van der Waals surface area contributed by atoms with Crippen LogP contribution in [0.25, 0.3) is 0 Å². The Kier molecular flexibility index (Phi) is 6.12. The van der Waals surface area contributed by atoms with E-state index in [4.69, 9.17) is 4.42 Å². The molecule has 0 aliphatic carbocycles. The fraction of sp³-hybridized carbons (Fsp3) is 0.450. The second-order valence-electron chi connectivity index (χ2n) is 6.88. The molecule has 0 unspecified atom stereocenters. The molecule has 1 aliphatic rings. The third-order valence-corrected chi connectivity index (χ3v) is 4.79. The van der Waals surface area contributed by atoms with Crippen LogP contribution in [0.1, 0.15) is 24.0 Å². The van der Waals surface area contributed by atoms with Crippen LogP contribution in [-0.4, -0.2) is 42.5 Å². The number of urea groups is 1. The summed E-state index contributed by atoms with van der Waals surface area (Å²) in [5.41, 5.74) is 2.38. The van der Waals surface area contributed by atoms with Crippen molar-refractivity contribution in [1.29, 1.82) is 0 Å². The van der Waals surface area contributed by atoms with Gasteiger partial charge < -0.3 is 14.6 Å². The van der Waals surface area contributed by atoms with Gasteiger partial charge in [-0.2, -0.15) is 0 Å². The van der Waals surface area contributed by atoms with Gasteiger partial charge in [0.25, 0.3) is 0 Å². The van der Waals surface area contributed by atoms with E-state index in [1.807, 2.05) is 6.07 Å². The van der Waals surface area contributed by atoms with Gasteiger partial charge in [0.1, 0.15) is 0 Å². The monoisotopic (exact) mass is 341 g/mol. The molecule has 2 heterocycles. The molecule has 25 heavy (non-hydrogen) atoms. The van der Waals surface area contributed by atoms with Crippen LogP contribution >= 0.6 is 0 Å². The lowest BCUT2D eigenvalue weighted by Crippen LogP contribution is -2.37. The van der Waals surface area contributed by atoms with Crippen molar-refractivity contribution in [2.75, 3.05) is 26.7 Å². The van der Waals surface area contributed by atoms with Crippen molar-refractivity contribution >= 4 is 6.03 Å². The minimum absolute atomic E-state index is 0.0275. The summed E-state index contributed by atoms with van der Waals surface area (Å²) in [6, 6.07) is 12.5. The summed E-state index contributed by atoms with van der Waals surface area (Å²) in [7, 11) is 1.81. The van der Waals surface area contributed by atoms with Crippen LogP contribution in [0.15, 0.2) is 53.3 Å². The van der Waals surface area contributed by atoms with Gasteiger partial charge in [-0.15, -0.1) is 0 Å². The lowest BCUT2D eigenvalue weighted by atomic mass is 10.1. The second-order valence-corrected chi connectivity index (χ2v) is 6.88. The zero-order valence-corrected chi connectivity index (χ0v) is 14.9. The second kappa shape index (κ2) is 8.72. The molecule has 134 valence electrons. The van der Waals surface area contributed by atoms with Crippen molar-refractivity contribution in [2.24, 2.45) is 5.92 Å². The first-order valence-corrected chi connectivity index (χ1v) is 8.97. The Morgan fingerprint density at radius 2 is 2.12 bits per heavy atom. The van der Waals surface area contributed by atoms with E-state index in [9.17, 15) is 4.79 Å². The first-order chi connectivity index (χ1) is 12.2. The van der Waals surface area contributed by atoms with Crippen molar-refractivity contribution in [1.82, 2.24) is 15.1 Å². The van der Waals surface area contributed by atoms with Crippen LogP contribution < -0.4 is 5.32 Å². The fourth-order valence-corrected chi connectivity index (χ4v) is 3.38. The summed E-state index contributed by atoms with van der Waals surface area (Å²) in [4.78, 5) is 16.3. The summed E-state index contributed by atoms with van der Waals surface area (Å²) < 4.78 is 5.03. The summed E-state index contributed by atoms with van der Waals surface area (Å²) >= 11 is 0. The maximum Gasteiger partial charge on any atom is 0.317 e. The van der Waals surface area contributed by atoms with Crippen LogP contribution in [0.2, 0.25) is 0 Å². The molecule has 1 N–H and O–H groups in total. The Morgan fingerprint density at radius 1 is 1.28 bits per heavy atom. The van der Waals surface area contributed by atoms with Crippen molar-refractivity contribution in [3.63, 3.8) is 0 Å². The Balaban J connectivity index is 1.33. The Morgan fingerprint density at radius 3 is 2.88 bits per heavy atom. The lowest BCUT2D eigenvalue weighted by Gasteiger charge is -2.18. The van der Waals surface area contributed by atoms with Crippen LogP contribution in [0, 0.1) is 5.92 Å². The highest BCUT2D eigenvalue weighted by molar-refractivity contribution is 5.73. The lowest BCUT2D eigenvalue weighted by molar-refractivity contribution is 0.206. The molecule has 1 saturated heterocycles. The highest BCUT2D eigenvalue weighted by atomic mass is 16.3. The molecule has 1 aromatic heterocycles. The number of hydrogen-bond acceptors (Lipinski definition) is 3. The van der Waals surface area contributed by atoms with Gasteiger partial charge in [-0.1, -0.05) is 30.3 Å². The average molecular weight is 341 g/mol. The standard InChI is InChI=1S/C20H27N3O2/c1-22(13-19-9-12-25-16-19)20(24)21-10-7-18-8-11-23(15-18)14-17-5-3-2-4-6-17/h2-6,9,12,16,18H,7-8,10-11,13-15H2,1H3,(H,21,24)/t18-/m1/s1. The van der Waals surface area contributed by atoms with Gasteiger partial charge in [0.05, 0.1) is 19.1 Å². The molecule has 1 aliphatic heterocycles. The third-order valence-electron chi connectivity index (χ3n) is 4.79. The van der Waals surface area contributed by atoms with E-state index in [2.05, 4.69) is 40.5 Å². The number of benzene rings is 1. The molecule has 1 fully saturated rings. The summed E-state index contributed by atoms with van der Waals surface area (Å²) in [6.45, 7) is 4.59. The highest BCUT2D eigenvalue weighted by Gasteiger charge is 2.22. The number of amides is 2. The van der Waals surface area contributed by atoms with Crippen LogP contribution in [0.5, 0.6) is 0 Å². The number of carbonyl (C=O) groups excluding carboxylic acids is 1. The van der Waals surface area contributed by atoms with Crippen molar-refractivity contribution in [3.05, 3.63) is 60.1 Å². The van der Waals surface area contributed by atoms with Gasteiger partial charge in [0.15, 0.2) is 0 Å². The average Bonchev–Trinajstić information content (AvgIpc) is 3.28. The van der Waals surface area contributed by atoms with E-state index < -0.39 is 0 Å². The van der Waals surface area contributed by atoms with E-state index in [1.54, 1.807) is 24.5 Å². The minimum Gasteiger partial charge on any atom is -0.472 e. The molecule has 0 spiro atoms. The maximum atomic E-state index is 12.1. The molecular weight excluding hydrogens is 314 g/mol. The normalized spacial score (nSPS) is 17.6. The summed E-state index contributed by atoms with van der Waals surface area (Å²) in [6.07, 6.45) is 5.55. The summed E-state index contributed by atoms with van der Waals surface area (Å²) in [5.74, 6) is 0.670. The first-order valence-electron chi connectivity index (χ1n) is 8.97. The number of nitrogens with one attached hydrogen (secondary N) is 1. The molecule has 2 aromatic rings. The van der Waals surface area contributed by atoms with Crippen molar-refractivity contribution < 1.29 is 9.21 Å². The fourth-order valence-electron chi connectivity index (χ4n) is 3.38. The molecule has 0 radical (unpaired) electrons. The van der Waals surface area contributed by atoms with Crippen molar-refractivity contribution in [3.8, 4) is 0 Å². The summed E-state index contributed by atoms with van der Waals surface area (Å²) in [5, 5.41) is 3.02. The number of hydrogen-bond donors (Lipinski definition) is 1. The van der Waals surface area contributed by atoms with E-state index in [0.29, 0.717) is 12.5 Å². The predicted octanol–water partition coefficient (Wildman–Crippen LogP) is 3.33. The molecule has 5 heteroatoms. The molecule has 0 bridgehead atoms. The van der Waals surface area contributed by atoms with E-state index in [-0.39, 0.29) is 6.03 Å². The quantitative estimate of drug-likeness (QED) is 0.840. The molecule has 1 aromatic carbocycles. The number of carbonyl (C=O) groups is 1. The van der Waals surface area contributed by atoms with E-state index >= 15 is 0 Å². The zero-order valence-electron chi connectivity index (χ0n) is 14.9. The number of rotatable bonds is 7. The SMILES string of the molecule is CN(Cc1ccoc1)C(=O)NCC[C@@H]1CCN(Cc2ccccc2)C1. The zero-order chi connectivity index (χ0) is 17.5. The largest absolute Gasteiger partial charge is 0.472 e. The van der Waals surface area contributed by atoms with Gasteiger partial charge in [0.2, 0.25) is 0 Å². The van der Waals surface area contributed by atoms with Gasteiger partial charge in [0, 0.05) is 32.2 Å². The Bertz CT molecular complexity index is 642. The molecule has 3 rings (SSSR count). The Labute approximate surface area is 149 Å². The van der Waals surface area contributed by atoms with Gasteiger partial charge in [-0.05, 0) is 36.9 Å². The van der Waals surface area contributed by atoms with Crippen molar-refractivity contribution in [2.45, 2.75) is 25.9 Å². The maximum absolute atomic E-state index is 12.1. The third kappa shape index (κ3) is 5.36. The minimum atomic E-state index is -0.0275. The van der Waals surface area contributed by atoms with E-state index in [0.717, 1.165) is 38.2 Å². The number of furan rings is 1. The van der Waals surface area contributed by atoms with Crippen LogP contribution in [0.4, 0.5) is 4.79 Å². The molecular formula is C20H27N3O2. The predicted molar refractivity (Wildman–Crippen MR) is 98.0 cm³/mol. The number of nitrogens with zero attached hydrogens (tertiary/aromatic N) is 2. The smallest absolute Gasteiger partial charge is 0.317 e. The van der Waals surface area contributed by atoms with Crippen LogP contribution in [0.3, 0.4) is 0 Å².